The van der Waals surface area contributed by atoms with Gasteiger partial charge in [0.05, 0.1) is 5.69 Å². The molecule has 0 aliphatic heterocycles. The maximum absolute atomic E-state index is 10.5. The zero-order valence-corrected chi connectivity index (χ0v) is 8.50. The smallest absolute Gasteiger partial charge is 0.311 e. The largest absolute Gasteiger partial charge is 0.481 e. The van der Waals surface area contributed by atoms with E-state index in [1.165, 1.54) is 0 Å². The van der Waals surface area contributed by atoms with Gasteiger partial charge in [0.15, 0.2) is 0 Å². The molecule has 0 saturated heterocycles. The molecule has 2 aromatic rings. The second-order valence-electron chi connectivity index (χ2n) is 3.29. The molecule has 16 heavy (non-hydrogen) atoms. The Hall–Kier alpha value is -2.23. The van der Waals surface area contributed by atoms with Crippen LogP contribution < -0.4 is 0 Å². The summed E-state index contributed by atoms with van der Waals surface area (Å²) in [7, 11) is 0. The van der Waals surface area contributed by atoms with Gasteiger partial charge >= 0.3 is 5.97 Å². The first-order valence-corrected chi connectivity index (χ1v) is 4.85. The fraction of sp³-hybridized carbons (Fsp3) is 0.0833. The van der Waals surface area contributed by atoms with Crippen molar-refractivity contribution in [2.24, 2.45) is 0 Å². The lowest BCUT2D eigenvalue weighted by molar-refractivity contribution is -0.136. The summed E-state index contributed by atoms with van der Waals surface area (Å²) in [5.74, 6) is -0.598. The molecule has 0 spiro atoms. The van der Waals surface area contributed by atoms with E-state index in [-0.39, 0.29) is 6.42 Å². The monoisotopic (exact) mass is 214 g/mol. The number of carboxylic acids is 1. The predicted octanol–water partition coefficient (Wildman–Crippen LogP) is 1.77. The highest BCUT2D eigenvalue weighted by Gasteiger charge is 2.05. The number of hydrogen-bond donors (Lipinski definition) is 1. The number of aromatic nitrogens is 2. The topological polar surface area (TPSA) is 63.1 Å². The lowest BCUT2D eigenvalue weighted by atomic mass is 10.1. The fourth-order valence-corrected chi connectivity index (χ4v) is 1.39. The van der Waals surface area contributed by atoms with Gasteiger partial charge in [0.1, 0.15) is 12.2 Å². The minimum atomic E-state index is -0.926. The number of nitrogens with zero attached hydrogens (tertiary/aromatic N) is 2. The molecule has 0 unspecified atom stereocenters. The molecule has 80 valence electrons. The number of rotatable bonds is 3. The standard InChI is InChI=1S/C12H10N2O2/c15-12(16)8-11-13-7-6-10(14-11)9-4-2-1-3-5-9/h1-7H,8H2,(H,15,16). The van der Waals surface area contributed by atoms with Crippen molar-refractivity contribution in [1.29, 1.82) is 0 Å². The van der Waals surface area contributed by atoms with Crippen molar-refractivity contribution in [2.45, 2.75) is 6.42 Å². The normalized spacial score (nSPS) is 10.0. The van der Waals surface area contributed by atoms with Crippen LogP contribution in [0.2, 0.25) is 0 Å². The Bertz CT molecular complexity index is 497. The fourth-order valence-electron chi connectivity index (χ4n) is 1.39. The Morgan fingerprint density at radius 2 is 1.94 bits per heavy atom. The number of aliphatic carboxylic acids is 1. The predicted molar refractivity (Wildman–Crippen MR) is 58.8 cm³/mol. The number of benzene rings is 1. The molecule has 2 rings (SSSR count). The Balaban J connectivity index is 2.33. The van der Waals surface area contributed by atoms with Crippen molar-refractivity contribution in [3.63, 3.8) is 0 Å². The summed E-state index contributed by atoms with van der Waals surface area (Å²) in [6.45, 7) is 0. The van der Waals surface area contributed by atoms with Gasteiger partial charge in [-0.05, 0) is 6.07 Å². The average molecular weight is 214 g/mol. The minimum absolute atomic E-state index is 0.152. The Kier molecular flexibility index (Phi) is 2.91. The third-order valence-electron chi connectivity index (χ3n) is 2.08. The Labute approximate surface area is 92.6 Å². The van der Waals surface area contributed by atoms with Crippen LogP contribution in [0.4, 0.5) is 0 Å². The van der Waals surface area contributed by atoms with Crippen molar-refractivity contribution >= 4 is 5.97 Å². The lowest BCUT2D eigenvalue weighted by Crippen LogP contribution is -2.05. The molecule has 0 aliphatic carbocycles. The molecular formula is C12H10N2O2. The summed E-state index contributed by atoms with van der Waals surface area (Å²) in [6, 6.07) is 11.4. The van der Waals surface area contributed by atoms with Crippen LogP contribution in [0.1, 0.15) is 5.82 Å². The number of carbonyl (C=O) groups is 1. The molecule has 1 aromatic carbocycles. The highest BCUT2D eigenvalue weighted by Crippen LogP contribution is 2.15. The average Bonchev–Trinajstić information content (AvgIpc) is 2.30. The molecule has 1 N–H and O–H groups in total. The zero-order valence-electron chi connectivity index (χ0n) is 8.50. The first kappa shape index (κ1) is 10.3. The van der Waals surface area contributed by atoms with Crippen LogP contribution in [0.15, 0.2) is 42.6 Å². The summed E-state index contributed by atoms with van der Waals surface area (Å²) < 4.78 is 0. The van der Waals surface area contributed by atoms with E-state index in [2.05, 4.69) is 9.97 Å². The van der Waals surface area contributed by atoms with E-state index in [4.69, 9.17) is 5.11 Å². The molecule has 4 nitrogen and oxygen atoms in total. The van der Waals surface area contributed by atoms with Gasteiger partial charge in [0.25, 0.3) is 0 Å². The second kappa shape index (κ2) is 4.53. The molecule has 0 radical (unpaired) electrons. The number of hydrogen-bond acceptors (Lipinski definition) is 3. The van der Waals surface area contributed by atoms with E-state index in [1.54, 1.807) is 12.3 Å². The van der Waals surface area contributed by atoms with Crippen LogP contribution in [0, 0.1) is 0 Å². The summed E-state index contributed by atoms with van der Waals surface area (Å²) in [5, 5.41) is 8.65. The maximum Gasteiger partial charge on any atom is 0.311 e. The highest BCUT2D eigenvalue weighted by atomic mass is 16.4. The Morgan fingerprint density at radius 1 is 1.19 bits per heavy atom. The Morgan fingerprint density at radius 3 is 2.62 bits per heavy atom. The highest BCUT2D eigenvalue weighted by molar-refractivity contribution is 5.69. The zero-order chi connectivity index (χ0) is 11.4. The van der Waals surface area contributed by atoms with E-state index in [1.807, 2.05) is 30.3 Å². The van der Waals surface area contributed by atoms with Crippen LogP contribution in [0.3, 0.4) is 0 Å². The third kappa shape index (κ3) is 2.42. The van der Waals surface area contributed by atoms with Crippen LogP contribution in [-0.4, -0.2) is 21.0 Å². The van der Waals surface area contributed by atoms with Gasteiger partial charge in [-0.2, -0.15) is 0 Å². The minimum Gasteiger partial charge on any atom is -0.481 e. The lowest BCUT2D eigenvalue weighted by Gasteiger charge is -2.01. The summed E-state index contributed by atoms with van der Waals surface area (Å²) in [5.41, 5.74) is 1.70. The van der Waals surface area contributed by atoms with Gasteiger partial charge in [0.2, 0.25) is 0 Å². The molecule has 0 amide bonds. The molecule has 4 heteroatoms. The van der Waals surface area contributed by atoms with Crippen molar-refractivity contribution in [3.8, 4) is 11.3 Å². The van der Waals surface area contributed by atoms with Crippen molar-refractivity contribution < 1.29 is 9.90 Å². The van der Waals surface area contributed by atoms with Crippen molar-refractivity contribution in [3.05, 3.63) is 48.4 Å². The molecular weight excluding hydrogens is 204 g/mol. The van der Waals surface area contributed by atoms with E-state index < -0.39 is 5.97 Å². The van der Waals surface area contributed by atoms with Gasteiger partial charge < -0.3 is 5.11 Å². The molecule has 1 aromatic heterocycles. The molecule has 0 aliphatic rings. The van der Waals surface area contributed by atoms with Crippen LogP contribution in [0.5, 0.6) is 0 Å². The molecule has 1 heterocycles. The first-order chi connectivity index (χ1) is 7.75. The van der Waals surface area contributed by atoms with Gasteiger partial charge in [-0.1, -0.05) is 30.3 Å². The van der Waals surface area contributed by atoms with E-state index in [0.29, 0.717) is 5.82 Å². The molecule has 0 saturated carbocycles. The second-order valence-corrected chi connectivity index (χ2v) is 3.29. The third-order valence-corrected chi connectivity index (χ3v) is 2.08. The first-order valence-electron chi connectivity index (χ1n) is 4.85. The number of carboxylic acid groups (broad SMARTS) is 1. The molecule has 0 atom stereocenters. The summed E-state index contributed by atoms with van der Waals surface area (Å²) >= 11 is 0. The SMILES string of the molecule is O=C(O)Cc1nccc(-c2ccccc2)n1. The van der Waals surface area contributed by atoms with Crippen LogP contribution in [-0.2, 0) is 11.2 Å². The summed E-state index contributed by atoms with van der Waals surface area (Å²) in [6.07, 6.45) is 1.42. The quantitative estimate of drug-likeness (QED) is 0.845. The van der Waals surface area contributed by atoms with E-state index >= 15 is 0 Å². The molecule has 0 bridgehead atoms. The maximum atomic E-state index is 10.5. The van der Waals surface area contributed by atoms with Gasteiger partial charge in [0, 0.05) is 11.8 Å². The van der Waals surface area contributed by atoms with Crippen molar-refractivity contribution in [1.82, 2.24) is 9.97 Å². The van der Waals surface area contributed by atoms with Crippen molar-refractivity contribution in [2.75, 3.05) is 0 Å². The van der Waals surface area contributed by atoms with Crippen LogP contribution in [0.25, 0.3) is 11.3 Å². The van der Waals surface area contributed by atoms with E-state index in [0.717, 1.165) is 11.3 Å². The van der Waals surface area contributed by atoms with Gasteiger partial charge in [-0.15, -0.1) is 0 Å². The van der Waals surface area contributed by atoms with Gasteiger partial charge in [-0.25, -0.2) is 9.97 Å². The molecule has 0 fully saturated rings. The van der Waals surface area contributed by atoms with Gasteiger partial charge in [-0.3, -0.25) is 4.79 Å². The summed E-state index contributed by atoms with van der Waals surface area (Å²) in [4.78, 5) is 18.6. The van der Waals surface area contributed by atoms with E-state index in [9.17, 15) is 4.79 Å². The van der Waals surface area contributed by atoms with Crippen LogP contribution >= 0.6 is 0 Å².